The Balaban J connectivity index is 1.31. The molecule has 47 heavy (non-hydrogen) atoms. The minimum Gasteiger partial charge on any atom is -0.353 e. The molecule has 1 aliphatic heterocycles. The lowest BCUT2D eigenvalue weighted by Gasteiger charge is -2.40. The van der Waals surface area contributed by atoms with Gasteiger partial charge in [-0.05, 0) is 57.2 Å². The molecule has 0 spiro atoms. The van der Waals surface area contributed by atoms with Crippen molar-refractivity contribution in [2.45, 2.75) is 121 Å². The van der Waals surface area contributed by atoms with E-state index in [9.17, 15) is 18.8 Å². The van der Waals surface area contributed by atoms with Crippen molar-refractivity contribution in [3.8, 4) is 0 Å². The Morgan fingerprint density at radius 3 is 2.34 bits per heavy atom. The standard InChI is InChI=1S/C34H47ClFN3O8/c1-23-21-39(32(42)38(31(23)41)18-10-17-37-30(40)25-12-11-24(36)19-26(25)35)29-20-27(47-34(44-3)15-8-5-9-16-34)28(46-29)22-45-33(43-2)13-6-4-7-14-33/h11-12,19,21,27-29H,4-10,13-18,20,22H2,1-3H3,(H,37,40)/t27-,28+,29-/m0/s1/i36+0. The SMILES string of the molecule is COC1(OC[C@H]2O[C@H](n3cc(C)c(=O)n(CCCNC(=O)c4ccc([19F])cc4Cl)c3=O)C[C@@H]2OC2(OC)CCCCC2)CCCCC1. The number of carbonyl (C=O) groups is 1. The van der Waals surface area contributed by atoms with Crippen LogP contribution >= 0.6 is 11.6 Å². The lowest BCUT2D eigenvalue weighted by Crippen LogP contribution is -2.45. The third-order valence-corrected chi connectivity index (χ3v) is 10.0. The van der Waals surface area contributed by atoms with Gasteiger partial charge in [0.05, 0.1) is 23.3 Å². The number of hydrogen-bond donors (Lipinski definition) is 1. The van der Waals surface area contributed by atoms with E-state index in [1.54, 1.807) is 21.1 Å². The van der Waals surface area contributed by atoms with Gasteiger partial charge in [0.25, 0.3) is 11.5 Å². The van der Waals surface area contributed by atoms with E-state index in [1.165, 1.54) is 16.8 Å². The van der Waals surface area contributed by atoms with Crippen molar-refractivity contribution in [1.82, 2.24) is 14.5 Å². The number of benzene rings is 1. The Morgan fingerprint density at radius 1 is 1.04 bits per heavy atom. The average molecular weight is 680 g/mol. The Bertz CT molecular complexity index is 1500. The van der Waals surface area contributed by atoms with Crippen molar-refractivity contribution >= 4 is 17.5 Å². The number of amides is 1. The molecule has 1 aromatic carbocycles. The van der Waals surface area contributed by atoms with E-state index in [0.29, 0.717) is 18.4 Å². The number of aryl methyl sites for hydroxylation is 1. The first-order chi connectivity index (χ1) is 22.6. The molecule has 1 amide bonds. The van der Waals surface area contributed by atoms with Crippen molar-refractivity contribution in [3.05, 3.63) is 67.2 Å². The van der Waals surface area contributed by atoms with E-state index in [0.717, 1.165) is 80.9 Å². The molecule has 3 fully saturated rings. The largest absolute Gasteiger partial charge is 0.353 e. The van der Waals surface area contributed by atoms with Crippen molar-refractivity contribution in [2.75, 3.05) is 27.4 Å². The number of aromatic nitrogens is 2. The highest BCUT2D eigenvalue weighted by atomic mass is 35.5. The molecule has 1 N–H and O–H groups in total. The molecule has 0 radical (unpaired) electrons. The van der Waals surface area contributed by atoms with Crippen LogP contribution in [0.5, 0.6) is 0 Å². The summed E-state index contributed by atoms with van der Waals surface area (Å²) in [6, 6.07) is 3.53. The van der Waals surface area contributed by atoms with Gasteiger partial charge in [0.2, 0.25) is 0 Å². The van der Waals surface area contributed by atoms with Gasteiger partial charge in [-0.3, -0.25) is 18.7 Å². The first-order valence-corrected chi connectivity index (χ1v) is 17.1. The van der Waals surface area contributed by atoms with Crippen LogP contribution in [0.15, 0.2) is 34.0 Å². The van der Waals surface area contributed by atoms with Crippen LogP contribution in [0.4, 0.5) is 4.39 Å². The molecular weight excluding hydrogens is 633 g/mol. The second-order valence-electron chi connectivity index (χ2n) is 12.9. The summed E-state index contributed by atoms with van der Waals surface area (Å²) in [5, 5.41) is 2.71. The second-order valence-corrected chi connectivity index (χ2v) is 13.3. The van der Waals surface area contributed by atoms with Gasteiger partial charge >= 0.3 is 5.69 Å². The summed E-state index contributed by atoms with van der Waals surface area (Å²) in [6.07, 6.45) is 10.0. The fourth-order valence-electron chi connectivity index (χ4n) is 6.98. The monoisotopic (exact) mass is 679 g/mol. The topological polar surface area (TPSA) is 119 Å². The van der Waals surface area contributed by atoms with Gasteiger partial charge in [-0.25, -0.2) is 9.18 Å². The van der Waals surface area contributed by atoms with E-state index in [4.69, 9.17) is 35.3 Å². The molecule has 1 aromatic heterocycles. The minimum atomic E-state index is -0.731. The molecule has 11 nitrogen and oxygen atoms in total. The molecule has 0 unspecified atom stereocenters. The number of nitrogens with one attached hydrogen (secondary N) is 1. The summed E-state index contributed by atoms with van der Waals surface area (Å²) in [6.45, 7) is 2.12. The average Bonchev–Trinajstić information content (AvgIpc) is 3.47. The van der Waals surface area contributed by atoms with Crippen molar-refractivity contribution in [2.24, 2.45) is 0 Å². The van der Waals surface area contributed by atoms with Crippen molar-refractivity contribution in [3.63, 3.8) is 0 Å². The normalized spacial score (nSPS) is 23.9. The van der Waals surface area contributed by atoms with Crippen LogP contribution in [0.3, 0.4) is 0 Å². The second kappa shape index (κ2) is 15.7. The van der Waals surface area contributed by atoms with E-state index in [2.05, 4.69) is 5.32 Å². The van der Waals surface area contributed by atoms with Gasteiger partial charge in [0, 0.05) is 71.2 Å². The first kappa shape index (κ1) is 35.7. The fraction of sp³-hybridized carbons (Fsp3) is 0.676. The van der Waals surface area contributed by atoms with Gasteiger partial charge in [-0.1, -0.05) is 24.4 Å². The highest BCUT2D eigenvalue weighted by Gasteiger charge is 2.45. The van der Waals surface area contributed by atoms with Crippen LogP contribution in [-0.2, 0) is 30.2 Å². The molecule has 5 rings (SSSR count). The highest BCUT2D eigenvalue weighted by Crippen LogP contribution is 2.40. The number of methoxy groups -OCH3 is 2. The third-order valence-electron chi connectivity index (χ3n) is 9.73. The number of nitrogens with zero attached hydrogens (tertiary/aromatic N) is 2. The smallest absolute Gasteiger partial charge is 0.333 e. The van der Waals surface area contributed by atoms with Crippen LogP contribution in [-0.4, -0.2) is 66.2 Å². The molecule has 0 bridgehead atoms. The van der Waals surface area contributed by atoms with E-state index in [1.807, 2.05) is 0 Å². The van der Waals surface area contributed by atoms with Crippen LogP contribution < -0.4 is 16.6 Å². The number of halogens is 2. The predicted molar refractivity (Wildman–Crippen MR) is 173 cm³/mol. The van der Waals surface area contributed by atoms with Gasteiger partial charge in [-0.15, -0.1) is 0 Å². The number of hydrogen-bond acceptors (Lipinski definition) is 8. The molecule has 3 aliphatic rings. The van der Waals surface area contributed by atoms with Gasteiger partial charge in [0.1, 0.15) is 18.1 Å². The number of rotatable bonds is 13. The minimum absolute atomic E-state index is 0.00104. The zero-order chi connectivity index (χ0) is 33.6. The number of ether oxygens (including phenoxy) is 5. The van der Waals surface area contributed by atoms with E-state index < -0.39 is 53.0 Å². The van der Waals surface area contributed by atoms with Crippen LogP contribution in [0.2, 0.25) is 5.02 Å². The molecule has 1 saturated heterocycles. The van der Waals surface area contributed by atoms with Crippen LogP contribution in [0.25, 0.3) is 0 Å². The highest BCUT2D eigenvalue weighted by molar-refractivity contribution is 6.33. The summed E-state index contributed by atoms with van der Waals surface area (Å²) < 4.78 is 47.4. The maximum Gasteiger partial charge on any atom is 0.333 e. The molecular formula is C34H47ClFN3O8. The maximum absolute atomic E-state index is 13.8. The number of carbonyl (C=O) groups excluding carboxylic acids is 1. The molecule has 13 heteroatoms. The van der Waals surface area contributed by atoms with Crippen molar-refractivity contribution < 1.29 is 32.9 Å². The molecule has 2 aromatic rings. The Kier molecular flexibility index (Phi) is 11.9. The molecule has 2 heterocycles. The maximum atomic E-state index is 13.8. The quantitative estimate of drug-likeness (QED) is 0.226. The predicted octanol–water partition coefficient (Wildman–Crippen LogP) is 5.23. The zero-order valence-electron chi connectivity index (χ0n) is 27.6. The Hall–Kier alpha value is -2.61. The summed E-state index contributed by atoms with van der Waals surface area (Å²) in [7, 11) is 3.35. The third kappa shape index (κ3) is 8.34. The Labute approximate surface area is 279 Å². The van der Waals surface area contributed by atoms with Gasteiger partial charge in [0.15, 0.2) is 11.6 Å². The summed E-state index contributed by atoms with van der Waals surface area (Å²) in [4.78, 5) is 39.4. The lowest BCUT2D eigenvalue weighted by molar-refractivity contribution is -0.282. The van der Waals surface area contributed by atoms with Crippen LogP contribution in [0, 0.1) is 12.7 Å². The van der Waals surface area contributed by atoms with Gasteiger partial charge < -0.3 is 29.0 Å². The molecule has 2 saturated carbocycles. The van der Waals surface area contributed by atoms with E-state index >= 15 is 0 Å². The lowest BCUT2D eigenvalue weighted by atomic mass is 9.93. The molecule has 3 atom stereocenters. The fourth-order valence-corrected chi connectivity index (χ4v) is 7.24. The first-order valence-electron chi connectivity index (χ1n) is 16.7. The van der Waals surface area contributed by atoms with E-state index in [-0.39, 0.29) is 30.3 Å². The summed E-state index contributed by atoms with van der Waals surface area (Å²) >= 11 is 6.00. The zero-order valence-corrected chi connectivity index (χ0v) is 28.3. The van der Waals surface area contributed by atoms with Crippen molar-refractivity contribution in [1.29, 1.82) is 0 Å². The molecule has 260 valence electrons. The summed E-state index contributed by atoms with van der Waals surface area (Å²) in [5.41, 5.74) is -0.405. The summed E-state index contributed by atoms with van der Waals surface area (Å²) in [5.74, 6) is -2.42. The van der Waals surface area contributed by atoms with Gasteiger partial charge in [-0.2, -0.15) is 0 Å². The Morgan fingerprint density at radius 2 is 1.70 bits per heavy atom. The van der Waals surface area contributed by atoms with Crippen LogP contribution in [0.1, 0.15) is 99.2 Å². The molecule has 2 aliphatic carbocycles.